The van der Waals surface area contributed by atoms with Gasteiger partial charge in [-0.05, 0) is 74.0 Å². The minimum atomic E-state index is -0.652. The molecule has 4 aliphatic carbocycles. The molecule has 3 N–H and O–H groups in total. The summed E-state index contributed by atoms with van der Waals surface area (Å²) in [5, 5.41) is 14.3. The van der Waals surface area contributed by atoms with E-state index >= 15 is 0 Å². The second-order valence-electron chi connectivity index (χ2n) is 8.63. The molecule has 4 aliphatic rings. The highest BCUT2D eigenvalue weighted by atomic mass is 16.5. The van der Waals surface area contributed by atoms with Crippen molar-refractivity contribution in [1.82, 2.24) is 10.6 Å². The number of aliphatic hydroxyl groups is 1. The molecule has 150 valence electrons. The SMILES string of the molecule is O=C(COC(=O)c1ccc(CO)cc1)NC(=O)NC12CC3CC(CC(C3)C1)C2. The van der Waals surface area contributed by atoms with Crippen LogP contribution >= 0.6 is 0 Å². The molecule has 0 atom stereocenters. The number of aliphatic hydroxyl groups excluding tert-OH is 1. The highest BCUT2D eigenvalue weighted by Crippen LogP contribution is 2.55. The maximum absolute atomic E-state index is 12.3. The van der Waals surface area contributed by atoms with Gasteiger partial charge in [-0.25, -0.2) is 9.59 Å². The molecule has 7 heteroatoms. The fraction of sp³-hybridized carbons (Fsp3) is 0.571. The fourth-order valence-corrected chi connectivity index (χ4v) is 5.66. The number of hydrogen-bond donors (Lipinski definition) is 3. The Morgan fingerprint density at radius 3 is 2.11 bits per heavy atom. The fourth-order valence-electron chi connectivity index (χ4n) is 5.66. The van der Waals surface area contributed by atoms with E-state index in [0.717, 1.165) is 19.3 Å². The van der Waals surface area contributed by atoms with Gasteiger partial charge in [-0.1, -0.05) is 12.1 Å². The topological polar surface area (TPSA) is 105 Å². The lowest BCUT2D eigenvalue weighted by atomic mass is 9.53. The van der Waals surface area contributed by atoms with Crippen LogP contribution in [0.3, 0.4) is 0 Å². The Labute approximate surface area is 163 Å². The van der Waals surface area contributed by atoms with Crippen LogP contribution in [0.1, 0.15) is 54.4 Å². The lowest BCUT2D eigenvalue weighted by Crippen LogP contribution is -2.62. The highest BCUT2D eigenvalue weighted by Gasteiger charge is 2.51. The Hall–Kier alpha value is -2.41. The molecule has 4 fully saturated rings. The Balaban J connectivity index is 1.24. The predicted octanol–water partition coefficient (Wildman–Crippen LogP) is 2.13. The number of esters is 1. The van der Waals surface area contributed by atoms with Crippen LogP contribution in [0.5, 0.6) is 0 Å². The summed E-state index contributed by atoms with van der Waals surface area (Å²) in [6, 6.07) is 5.75. The number of urea groups is 1. The molecule has 3 amide bonds. The van der Waals surface area contributed by atoms with E-state index in [2.05, 4.69) is 10.6 Å². The maximum atomic E-state index is 12.3. The van der Waals surface area contributed by atoms with Crippen LogP contribution in [0.4, 0.5) is 4.79 Å². The maximum Gasteiger partial charge on any atom is 0.338 e. The minimum absolute atomic E-state index is 0.115. The molecule has 1 aromatic carbocycles. The lowest BCUT2D eigenvalue weighted by molar-refractivity contribution is -0.123. The first-order chi connectivity index (χ1) is 13.4. The molecule has 0 aliphatic heterocycles. The number of benzene rings is 1. The van der Waals surface area contributed by atoms with Gasteiger partial charge in [0.1, 0.15) is 0 Å². The second kappa shape index (κ2) is 7.54. The van der Waals surface area contributed by atoms with E-state index < -0.39 is 24.5 Å². The smallest absolute Gasteiger partial charge is 0.338 e. The lowest BCUT2D eigenvalue weighted by Gasteiger charge is -2.56. The Morgan fingerprint density at radius 2 is 1.57 bits per heavy atom. The van der Waals surface area contributed by atoms with E-state index in [-0.39, 0.29) is 17.7 Å². The summed E-state index contributed by atoms with van der Waals surface area (Å²) >= 11 is 0. The third kappa shape index (κ3) is 4.04. The molecule has 5 rings (SSSR count). The summed E-state index contributed by atoms with van der Waals surface area (Å²) < 4.78 is 4.96. The van der Waals surface area contributed by atoms with E-state index in [1.165, 1.54) is 31.4 Å². The average molecular weight is 386 g/mol. The van der Waals surface area contributed by atoms with Gasteiger partial charge in [0.15, 0.2) is 6.61 Å². The summed E-state index contributed by atoms with van der Waals surface area (Å²) in [5.74, 6) is 0.782. The van der Waals surface area contributed by atoms with Gasteiger partial charge in [0, 0.05) is 5.54 Å². The van der Waals surface area contributed by atoms with Crippen LogP contribution in [0, 0.1) is 17.8 Å². The molecule has 0 radical (unpaired) electrons. The molecule has 0 spiro atoms. The van der Waals surface area contributed by atoms with Crippen molar-refractivity contribution in [2.75, 3.05) is 6.61 Å². The molecule has 0 saturated heterocycles. The number of carbonyl (C=O) groups is 3. The van der Waals surface area contributed by atoms with Gasteiger partial charge < -0.3 is 15.2 Å². The molecule has 0 aromatic heterocycles. The predicted molar refractivity (Wildman–Crippen MR) is 100 cm³/mol. The number of amides is 3. The van der Waals surface area contributed by atoms with Gasteiger partial charge in [0.25, 0.3) is 5.91 Å². The van der Waals surface area contributed by atoms with Crippen molar-refractivity contribution < 1.29 is 24.2 Å². The van der Waals surface area contributed by atoms with E-state index in [0.29, 0.717) is 23.3 Å². The number of ether oxygens (including phenoxy) is 1. The summed E-state index contributed by atoms with van der Waals surface area (Å²) in [7, 11) is 0. The van der Waals surface area contributed by atoms with Gasteiger partial charge >= 0.3 is 12.0 Å². The van der Waals surface area contributed by atoms with Gasteiger partial charge in [0.2, 0.25) is 0 Å². The van der Waals surface area contributed by atoms with Crippen molar-refractivity contribution in [2.24, 2.45) is 17.8 Å². The van der Waals surface area contributed by atoms with Crippen LogP contribution in [0.25, 0.3) is 0 Å². The first-order valence-corrected chi connectivity index (χ1v) is 9.93. The summed E-state index contributed by atoms with van der Waals surface area (Å²) in [6.07, 6.45) is 6.82. The third-order valence-electron chi connectivity index (χ3n) is 6.38. The standard InChI is InChI=1S/C21H26N2O5/c24-11-13-1-3-17(4-2-13)19(26)28-12-18(25)22-20(27)23-21-8-14-5-15(9-21)7-16(6-14)10-21/h1-4,14-16,24H,5-12H2,(H2,22,23,25,27). The van der Waals surface area contributed by atoms with E-state index in [9.17, 15) is 14.4 Å². The van der Waals surface area contributed by atoms with E-state index in [1.807, 2.05) is 0 Å². The largest absolute Gasteiger partial charge is 0.452 e. The molecule has 0 heterocycles. The van der Waals surface area contributed by atoms with Crippen molar-refractivity contribution in [3.05, 3.63) is 35.4 Å². The molecule has 0 unspecified atom stereocenters. The zero-order valence-corrected chi connectivity index (χ0v) is 15.8. The van der Waals surface area contributed by atoms with E-state index in [4.69, 9.17) is 9.84 Å². The van der Waals surface area contributed by atoms with Crippen LogP contribution in [0.15, 0.2) is 24.3 Å². The summed E-state index contributed by atoms with van der Waals surface area (Å²) in [5.41, 5.74) is 0.781. The minimum Gasteiger partial charge on any atom is -0.452 e. The first kappa shape index (κ1) is 18.9. The molecule has 7 nitrogen and oxygen atoms in total. The Morgan fingerprint density at radius 1 is 1.00 bits per heavy atom. The monoisotopic (exact) mass is 386 g/mol. The van der Waals surface area contributed by atoms with Gasteiger partial charge in [0.05, 0.1) is 12.2 Å². The van der Waals surface area contributed by atoms with E-state index in [1.54, 1.807) is 12.1 Å². The van der Waals surface area contributed by atoms with Crippen LogP contribution < -0.4 is 10.6 Å². The summed E-state index contributed by atoms with van der Waals surface area (Å²) in [6.45, 7) is -0.633. The number of hydrogen-bond acceptors (Lipinski definition) is 5. The van der Waals surface area contributed by atoms with Crippen molar-refractivity contribution in [2.45, 2.75) is 50.7 Å². The molecule has 1 aromatic rings. The van der Waals surface area contributed by atoms with Crippen molar-refractivity contribution in [1.29, 1.82) is 0 Å². The van der Waals surface area contributed by atoms with Crippen molar-refractivity contribution in [3.63, 3.8) is 0 Å². The molecular formula is C21H26N2O5. The van der Waals surface area contributed by atoms with Crippen LogP contribution in [0.2, 0.25) is 0 Å². The average Bonchev–Trinajstić information content (AvgIpc) is 2.64. The van der Waals surface area contributed by atoms with Crippen LogP contribution in [-0.4, -0.2) is 35.2 Å². The first-order valence-electron chi connectivity index (χ1n) is 9.93. The van der Waals surface area contributed by atoms with Gasteiger partial charge in [-0.2, -0.15) is 0 Å². The zero-order chi connectivity index (χ0) is 19.7. The number of imide groups is 1. The number of rotatable bonds is 5. The normalized spacial score (nSPS) is 30.0. The van der Waals surface area contributed by atoms with Crippen LogP contribution in [-0.2, 0) is 16.1 Å². The highest BCUT2D eigenvalue weighted by molar-refractivity contribution is 5.97. The molecule has 4 bridgehead atoms. The van der Waals surface area contributed by atoms with Crippen molar-refractivity contribution >= 4 is 17.9 Å². The quantitative estimate of drug-likeness (QED) is 0.673. The summed E-state index contributed by atoms with van der Waals surface area (Å²) in [4.78, 5) is 36.3. The zero-order valence-electron chi connectivity index (χ0n) is 15.8. The Kier molecular flexibility index (Phi) is 5.10. The Bertz CT molecular complexity index is 738. The number of carbonyl (C=O) groups excluding carboxylic acids is 3. The third-order valence-corrected chi connectivity index (χ3v) is 6.38. The molecule has 28 heavy (non-hydrogen) atoms. The molecular weight excluding hydrogens is 360 g/mol. The number of nitrogens with one attached hydrogen (secondary N) is 2. The van der Waals surface area contributed by atoms with Gasteiger partial charge in [-0.3, -0.25) is 10.1 Å². The van der Waals surface area contributed by atoms with Gasteiger partial charge in [-0.15, -0.1) is 0 Å². The molecule has 4 saturated carbocycles. The van der Waals surface area contributed by atoms with Crippen molar-refractivity contribution in [3.8, 4) is 0 Å². The second-order valence-corrected chi connectivity index (χ2v) is 8.63.